The first-order chi connectivity index (χ1) is 9.05. The van der Waals surface area contributed by atoms with Gasteiger partial charge in [-0.3, -0.25) is 4.79 Å². The minimum Gasteiger partial charge on any atom is -0.506 e. The predicted molar refractivity (Wildman–Crippen MR) is 80.3 cm³/mol. The molecule has 20 heavy (non-hydrogen) atoms. The second kappa shape index (κ2) is 6.92. The summed E-state index contributed by atoms with van der Waals surface area (Å²) in [5.41, 5.74) is 6.65. The van der Waals surface area contributed by atoms with Crippen LogP contribution in [0.15, 0.2) is 18.2 Å². The number of carbonyl (C=O) groups excluding carboxylic acids is 1. The van der Waals surface area contributed by atoms with Crippen molar-refractivity contribution in [1.29, 1.82) is 0 Å². The molecule has 0 saturated carbocycles. The Morgan fingerprint density at radius 1 is 1.45 bits per heavy atom. The van der Waals surface area contributed by atoms with E-state index in [1.165, 1.54) is 0 Å². The summed E-state index contributed by atoms with van der Waals surface area (Å²) >= 11 is 0. The molecule has 0 radical (unpaired) electrons. The predicted octanol–water partition coefficient (Wildman–Crippen LogP) is 1.82. The minimum absolute atomic E-state index is 0. The van der Waals surface area contributed by atoms with E-state index in [4.69, 9.17) is 10.5 Å². The largest absolute Gasteiger partial charge is 0.506 e. The first-order valence-corrected chi connectivity index (χ1v) is 6.55. The number of carbonyl (C=O) groups is 1. The number of phenols is 1. The van der Waals surface area contributed by atoms with Gasteiger partial charge in [-0.1, -0.05) is 13.0 Å². The molecule has 0 aliphatic carbocycles. The summed E-state index contributed by atoms with van der Waals surface area (Å²) in [7, 11) is 0. The van der Waals surface area contributed by atoms with Gasteiger partial charge in [0.2, 0.25) is 5.91 Å². The Kier molecular flexibility index (Phi) is 5.80. The van der Waals surface area contributed by atoms with Crippen molar-refractivity contribution in [3.8, 4) is 5.75 Å². The van der Waals surface area contributed by atoms with Gasteiger partial charge in [-0.2, -0.15) is 0 Å². The van der Waals surface area contributed by atoms with Crippen molar-refractivity contribution in [2.75, 3.05) is 18.5 Å². The van der Waals surface area contributed by atoms with Crippen LogP contribution in [0, 0.1) is 0 Å². The summed E-state index contributed by atoms with van der Waals surface area (Å²) < 4.78 is 5.22. The number of hydrogen-bond acceptors (Lipinski definition) is 4. The molecule has 0 bridgehead atoms. The molecule has 2 rings (SSSR count). The van der Waals surface area contributed by atoms with Gasteiger partial charge >= 0.3 is 0 Å². The molecule has 0 unspecified atom stereocenters. The second-order valence-corrected chi connectivity index (χ2v) is 4.93. The molecule has 1 amide bonds. The highest BCUT2D eigenvalue weighted by molar-refractivity contribution is 5.99. The standard InChI is InChI=1S/C14H20N2O3.ClH/c1-2-10-3-4-12(17)11(9-10)16-13(18)14(15)5-7-19-8-6-14;/h3-4,9,17H,2,5-8,15H2,1H3,(H,16,18);1H. The van der Waals surface area contributed by atoms with Gasteiger partial charge in [-0.05, 0) is 37.0 Å². The summed E-state index contributed by atoms with van der Waals surface area (Å²) in [6.45, 7) is 3.00. The van der Waals surface area contributed by atoms with Crippen LogP contribution in [0.2, 0.25) is 0 Å². The number of halogens is 1. The quantitative estimate of drug-likeness (QED) is 0.744. The number of benzene rings is 1. The molecule has 1 heterocycles. The molecule has 1 aliphatic heterocycles. The van der Waals surface area contributed by atoms with Crippen LogP contribution in [0.5, 0.6) is 5.75 Å². The molecule has 1 aliphatic rings. The van der Waals surface area contributed by atoms with Crippen LogP contribution in [0.4, 0.5) is 5.69 Å². The first kappa shape index (κ1) is 16.8. The number of rotatable bonds is 3. The number of nitrogens with one attached hydrogen (secondary N) is 1. The van der Waals surface area contributed by atoms with E-state index in [0.717, 1.165) is 12.0 Å². The smallest absolute Gasteiger partial charge is 0.244 e. The molecule has 1 saturated heterocycles. The normalized spacial score (nSPS) is 17.1. The fourth-order valence-electron chi connectivity index (χ4n) is 2.11. The van der Waals surface area contributed by atoms with Crippen molar-refractivity contribution >= 4 is 24.0 Å². The van der Waals surface area contributed by atoms with E-state index < -0.39 is 5.54 Å². The van der Waals surface area contributed by atoms with Gasteiger partial charge in [0, 0.05) is 13.2 Å². The number of hydrogen-bond donors (Lipinski definition) is 3. The highest BCUT2D eigenvalue weighted by Gasteiger charge is 2.36. The molecule has 5 nitrogen and oxygen atoms in total. The number of phenolic OH excluding ortho intramolecular Hbond substituents is 1. The number of anilines is 1. The summed E-state index contributed by atoms with van der Waals surface area (Å²) in [6, 6.07) is 5.19. The lowest BCUT2D eigenvalue weighted by atomic mass is 9.90. The molecule has 4 N–H and O–H groups in total. The van der Waals surface area contributed by atoms with Gasteiger partial charge in [0.1, 0.15) is 11.3 Å². The zero-order chi connectivity index (χ0) is 13.9. The van der Waals surface area contributed by atoms with Gasteiger partial charge < -0.3 is 20.9 Å². The third kappa shape index (κ3) is 3.62. The molecular formula is C14H21ClN2O3. The molecular weight excluding hydrogens is 280 g/mol. The van der Waals surface area contributed by atoms with Crippen molar-refractivity contribution < 1.29 is 14.6 Å². The van der Waals surface area contributed by atoms with Crippen LogP contribution < -0.4 is 11.1 Å². The third-order valence-electron chi connectivity index (χ3n) is 3.55. The number of ether oxygens (including phenoxy) is 1. The number of nitrogens with two attached hydrogens (primary N) is 1. The number of aryl methyl sites for hydroxylation is 1. The van der Waals surface area contributed by atoms with Gasteiger partial charge in [-0.15, -0.1) is 12.4 Å². The minimum atomic E-state index is -0.910. The van der Waals surface area contributed by atoms with Gasteiger partial charge in [0.25, 0.3) is 0 Å². The van der Waals surface area contributed by atoms with E-state index >= 15 is 0 Å². The van der Waals surface area contributed by atoms with Crippen LogP contribution in [0.1, 0.15) is 25.3 Å². The Morgan fingerprint density at radius 2 is 2.10 bits per heavy atom. The highest BCUT2D eigenvalue weighted by Crippen LogP contribution is 2.27. The van der Waals surface area contributed by atoms with E-state index in [0.29, 0.717) is 31.7 Å². The van der Waals surface area contributed by atoms with Crippen molar-refractivity contribution in [3.63, 3.8) is 0 Å². The Morgan fingerprint density at radius 3 is 2.70 bits per heavy atom. The SMILES string of the molecule is CCc1ccc(O)c(NC(=O)C2(N)CCOCC2)c1.Cl. The molecule has 112 valence electrons. The number of amides is 1. The van der Waals surface area contributed by atoms with Gasteiger partial charge in [0.15, 0.2) is 0 Å². The fraction of sp³-hybridized carbons (Fsp3) is 0.500. The average molecular weight is 301 g/mol. The zero-order valence-corrected chi connectivity index (χ0v) is 12.3. The van der Waals surface area contributed by atoms with Crippen LogP contribution in [-0.2, 0) is 16.0 Å². The maximum absolute atomic E-state index is 12.2. The van der Waals surface area contributed by atoms with E-state index in [-0.39, 0.29) is 24.1 Å². The van der Waals surface area contributed by atoms with Crippen LogP contribution in [0.25, 0.3) is 0 Å². The third-order valence-corrected chi connectivity index (χ3v) is 3.55. The van der Waals surface area contributed by atoms with E-state index in [2.05, 4.69) is 5.32 Å². The fourth-order valence-corrected chi connectivity index (χ4v) is 2.11. The Hall–Kier alpha value is -1.30. The molecule has 0 atom stereocenters. The maximum atomic E-state index is 12.2. The first-order valence-electron chi connectivity index (χ1n) is 6.55. The zero-order valence-electron chi connectivity index (χ0n) is 11.5. The van der Waals surface area contributed by atoms with Crippen molar-refractivity contribution in [2.45, 2.75) is 31.7 Å². The summed E-state index contributed by atoms with van der Waals surface area (Å²) in [5.74, 6) is -0.208. The monoisotopic (exact) mass is 300 g/mol. The van der Waals surface area contributed by atoms with Crippen molar-refractivity contribution in [3.05, 3.63) is 23.8 Å². The summed E-state index contributed by atoms with van der Waals surface area (Å²) in [6.07, 6.45) is 1.82. The van der Waals surface area contributed by atoms with Gasteiger partial charge in [0.05, 0.1) is 5.69 Å². The van der Waals surface area contributed by atoms with E-state index in [9.17, 15) is 9.90 Å². The molecule has 0 aromatic heterocycles. The van der Waals surface area contributed by atoms with Crippen LogP contribution in [-0.4, -0.2) is 29.8 Å². The summed E-state index contributed by atoms with van der Waals surface area (Å²) in [5, 5.41) is 12.5. The highest BCUT2D eigenvalue weighted by atomic mass is 35.5. The molecule has 1 fully saturated rings. The molecule has 6 heteroatoms. The molecule has 0 spiro atoms. The molecule has 1 aromatic carbocycles. The van der Waals surface area contributed by atoms with Gasteiger partial charge in [-0.25, -0.2) is 0 Å². The Labute approximate surface area is 124 Å². The van der Waals surface area contributed by atoms with Crippen molar-refractivity contribution in [2.24, 2.45) is 5.73 Å². The summed E-state index contributed by atoms with van der Waals surface area (Å²) in [4.78, 5) is 12.2. The lowest BCUT2D eigenvalue weighted by Gasteiger charge is -2.31. The topological polar surface area (TPSA) is 84.6 Å². The lowest BCUT2D eigenvalue weighted by molar-refractivity contribution is -0.124. The van der Waals surface area contributed by atoms with E-state index in [1.807, 2.05) is 13.0 Å². The average Bonchev–Trinajstić information content (AvgIpc) is 2.42. The van der Waals surface area contributed by atoms with Crippen LogP contribution >= 0.6 is 12.4 Å². The Bertz CT molecular complexity index is 473. The maximum Gasteiger partial charge on any atom is 0.244 e. The number of aromatic hydroxyl groups is 1. The van der Waals surface area contributed by atoms with Crippen LogP contribution in [0.3, 0.4) is 0 Å². The molecule has 1 aromatic rings. The van der Waals surface area contributed by atoms with E-state index in [1.54, 1.807) is 12.1 Å². The lowest BCUT2D eigenvalue weighted by Crippen LogP contribution is -2.54. The second-order valence-electron chi connectivity index (χ2n) is 4.93. The van der Waals surface area contributed by atoms with Crippen molar-refractivity contribution in [1.82, 2.24) is 0 Å². The Balaban J connectivity index is 0.00000200.